The molecule has 3 rings (SSSR count). The van der Waals surface area contributed by atoms with E-state index in [4.69, 9.17) is 29.5 Å². The Kier molecular flexibility index (Phi) is 26.3. The monoisotopic (exact) mass is 1060 g/mol. The predicted molar refractivity (Wildman–Crippen MR) is 269 cm³/mol. The number of benzene rings is 3. The number of nitrogens with zero attached hydrogens (tertiary/aromatic N) is 2. The summed E-state index contributed by atoms with van der Waals surface area (Å²) >= 11 is 0. The highest BCUT2D eigenvalue weighted by Crippen LogP contribution is 2.33. The van der Waals surface area contributed by atoms with Gasteiger partial charge in [0.1, 0.15) is 6.04 Å². The summed E-state index contributed by atoms with van der Waals surface area (Å²) in [5, 5.41) is 11.6. The maximum Gasteiger partial charge on any atom is 0.329 e. The number of rotatable bonds is 30. The third kappa shape index (κ3) is 22.6. The van der Waals surface area contributed by atoms with Crippen molar-refractivity contribution in [3.05, 3.63) is 83.4 Å². The van der Waals surface area contributed by atoms with Gasteiger partial charge in [0.2, 0.25) is 23.6 Å². The van der Waals surface area contributed by atoms with E-state index < -0.39 is 71.3 Å². The molecule has 0 aliphatic heterocycles. The molecular weight excluding hydrogens is 995 g/mol. The van der Waals surface area contributed by atoms with Gasteiger partial charge in [0, 0.05) is 93.0 Å². The molecule has 0 aliphatic carbocycles. The lowest BCUT2D eigenvalue weighted by Crippen LogP contribution is -2.38. The lowest BCUT2D eigenvalue weighted by atomic mass is 10.1. The summed E-state index contributed by atoms with van der Waals surface area (Å²) in [6.07, 6.45) is 1.34. The molecule has 0 saturated heterocycles. The minimum Gasteiger partial charge on any atom is -0.423 e. The van der Waals surface area contributed by atoms with Gasteiger partial charge in [0.15, 0.2) is 23.0 Å². The smallest absolute Gasteiger partial charge is 0.329 e. The second kappa shape index (κ2) is 32.5. The quantitative estimate of drug-likeness (QED) is 0.0277. The summed E-state index contributed by atoms with van der Waals surface area (Å²) in [4.78, 5) is 156. The van der Waals surface area contributed by atoms with Crippen molar-refractivity contribution < 1.29 is 81.3 Å². The van der Waals surface area contributed by atoms with Gasteiger partial charge in [-0.15, -0.1) is 0 Å². The van der Waals surface area contributed by atoms with Crippen LogP contribution in [0.3, 0.4) is 0 Å². The first-order valence-corrected chi connectivity index (χ1v) is 24.4. The van der Waals surface area contributed by atoms with E-state index in [1.54, 1.807) is 30.3 Å². The Hall–Kier alpha value is -8.70. The molecule has 3 aromatic rings. The normalized spacial score (nSPS) is 10.9. The van der Waals surface area contributed by atoms with E-state index >= 15 is 0 Å². The number of para-hydroxylation sites is 2. The maximum absolute atomic E-state index is 13.6. The second-order valence-corrected chi connectivity index (χ2v) is 16.9. The molecule has 7 amide bonds. The van der Waals surface area contributed by atoms with Gasteiger partial charge in [-0.2, -0.15) is 5.06 Å². The standard InChI is InChI=1S/C52H65N7O17/c1-33(60)72-41-21-14-19-39(48(41)74-35(3)62)51(70)55-28-11-13-30-58(31-16-29-56-52(71)40-20-15-22-42(73-34(2)61)49(40)75-36(4)63)45(67)25-23-43(65)54-27-10-7-12-32-59(76-37(5)64)46(68)26-24-44(66)57-47(50(53)69)38-17-8-6-9-18-38/h6,8-9,14-15,17-22,47H,7,10-13,16,23-32H2,1-5H3,(H2,53,69)(H,54,65)(H,55,70)(H,56,71)(H,57,66)/t47-/m1/s1. The zero-order valence-corrected chi connectivity index (χ0v) is 43.2. The third-order valence-electron chi connectivity index (χ3n) is 10.6. The highest BCUT2D eigenvalue weighted by Gasteiger charge is 2.25. The number of hydroxylamine groups is 2. The van der Waals surface area contributed by atoms with Crippen molar-refractivity contribution >= 4 is 71.2 Å². The molecule has 0 bridgehead atoms. The Morgan fingerprint density at radius 2 is 0.947 bits per heavy atom. The summed E-state index contributed by atoms with van der Waals surface area (Å²) in [5.41, 5.74) is 5.80. The number of carbonyl (C=O) groups is 12. The summed E-state index contributed by atoms with van der Waals surface area (Å²) < 4.78 is 20.6. The molecule has 24 nitrogen and oxygen atoms in total. The Bertz CT molecular complexity index is 2570. The second-order valence-electron chi connectivity index (χ2n) is 16.9. The number of amides is 7. The molecule has 0 spiro atoms. The molecule has 410 valence electrons. The molecule has 3 aromatic carbocycles. The highest BCUT2D eigenvalue weighted by molar-refractivity contribution is 6.00. The van der Waals surface area contributed by atoms with Gasteiger partial charge in [-0.05, 0) is 68.4 Å². The SMILES string of the molecule is CC(=O)Oc1cccc(C(=O)NCCCCN(CCCNC(=O)c2cccc(OC(C)=O)c2OC(C)=O)C(=O)CCC(=O)NCCCCCN(OC(C)=O)C(=O)CCC(=O)N[C@@H](C(N)=O)c2ccccc2)c1OC(C)=O. The first-order chi connectivity index (χ1) is 36.2. The minimum atomic E-state index is -1.10. The molecule has 0 radical (unpaired) electrons. The van der Waals surface area contributed by atoms with Crippen LogP contribution < -0.4 is 45.9 Å². The Balaban J connectivity index is 1.55. The number of ether oxygens (including phenoxy) is 4. The van der Waals surface area contributed by atoms with Crippen LogP contribution in [0, 0.1) is 0 Å². The van der Waals surface area contributed by atoms with E-state index in [0.29, 0.717) is 37.7 Å². The average Bonchev–Trinajstić information content (AvgIpc) is 3.35. The van der Waals surface area contributed by atoms with E-state index in [-0.39, 0.29) is 111 Å². The van der Waals surface area contributed by atoms with Crippen molar-refractivity contribution in [1.29, 1.82) is 0 Å². The first kappa shape index (κ1) is 61.6. The molecule has 0 heterocycles. The van der Waals surface area contributed by atoms with Gasteiger partial charge in [0.25, 0.3) is 17.7 Å². The summed E-state index contributed by atoms with van der Waals surface area (Å²) in [5.74, 6) is -8.48. The average molecular weight is 1060 g/mol. The number of hydrogen-bond donors (Lipinski definition) is 5. The van der Waals surface area contributed by atoms with E-state index in [0.717, 1.165) is 39.7 Å². The number of nitrogens with one attached hydrogen (secondary N) is 4. The van der Waals surface area contributed by atoms with Gasteiger partial charge in [-0.25, -0.2) is 0 Å². The Labute approximate surface area is 438 Å². The summed E-state index contributed by atoms with van der Waals surface area (Å²) in [6.45, 7) is 6.39. The molecule has 0 saturated carbocycles. The number of carbonyl (C=O) groups excluding carboxylic acids is 12. The molecule has 0 unspecified atom stereocenters. The maximum atomic E-state index is 13.6. The minimum absolute atomic E-state index is 0.00338. The van der Waals surface area contributed by atoms with Crippen LogP contribution >= 0.6 is 0 Å². The molecule has 0 aliphatic rings. The predicted octanol–water partition coefficient (Wildman–Crippen LogP) is 3.04. The summed E-state index contributed by atoms with van der Waals surface area (Å²) in [7, 11) is 0. The van der Waals surface area contributed by atoms with Crippen molar-refractivity contribution in [2.45, 2.75) is 105 Å². The number of unbranched alkanes of at least 4 members (excludes halogenated alkanes) is 3. The topological polar surface area (TPSA) is 332 Å². The molecule has 76 heavy (non-hydrogen) atoms. The number of esters is 4. The van der Waals surface area contributed by atoms with Crippen molar-refractivity contribution in [1.82, 2.24) is 31.2 Å². The van der Waals surface area contributed by atoms with E-state index in [1.165, 1.54) is 41.3 Å². The van der Waals surface area contributed by atoms with Gasteiger partial charge in [-0.1, -0.05) is 42.5 Å². The molecule has 0 aromatic heterocycles. The van der Waals surface area contributed by atoms with Crippen molar-refractivity contribution in [3.8, 4) is 23.0 Å². The first-order valence-electron chi connectivity index (χ1n) is 24.4. The van der Waals surface area contributed by atoms with Crippen LogP contribution in [0.2, 0.25) is 0 Å². The largest absolute Gasteiger partial charge is 0.423 e. The molecule has 6 N–H and O–H groups in total. The van der Waals surface area contributed by atoms with Crippen LogP contribution in [0.15, 0.2) is 66.7 Å². The van der Waals surface area contributed by atoms with Crippen molar-refractivity contribution in [2.24, 2.45) is 5.73 Å². The highest BCUT2D eigenvalue weighted by atomic mass is 16.7. The summed E-state index contributed by atoms with van der Waals surface area (Å²) in [6, 6.07) is 15.6. The van der Waals surface area contributed by atoms with E-state index in [1.807, 2.05) is 0 Å². The van der Waals surface area contributed by atoms with Gasteiger partial charge in [-0.3, -0.25) is 57.5 Å². The van der Waals surface area contributed by atoms with Gasteiger partial charge >= 0.3 is 29.8 Å². The molecule has 0 fully saturated rings. The molecule has 24 heteroatoms. The molecular formula is C52H65N7O17. The zero-order valence-electron chi connectivity index (χ0n) is 43.2. The van der Waals surface area contributed by atoms with Gasteiger partial charge < -0.3 is 55.7 Å². The van der Waals surface area contributed by atoms with Crippen molar-refractivity contribution in [3.63, 3.8) is 0 Å². The van der Waals surface area contributed by atoms with Crippen LogP contribution in [0.25, 0.3) is 0 Å². The lowest BCUT2D eigenvalue weighted by Gasteiger charge is -2.23. The Morgan fingerprint density at radius 3 is 1.47 bits per heavy atom. The number of hydrogen-bond acceptors (Lipinski definition) is 17. The fraction of sp³-hybridized carbons (Fsp3) is 0.423. The molecule has 1 atom stereocenters. The van der Waals surface area contributed by atoms with Crippen LogP contribution in [-0.2, 0) is 52.8 Å². The van der Waals surface area contributed by atoms with E-state index in [2.05, 4.69) is 21.3 Å². The fourth-order valence-electron chi connectivity index (χ4n) is 7.18. The fourth-order valence-corrected chi connectivity index (χ4v) is 7.18. The van der Waals surface area contributed by atoms with Crippen LogP contribution in [0.4, 0.5) is 0 Å². The van der Waals surface area contributed by atoms with Crippen LogP contribution in [0.5, 0.6) is 23.0 Å². The lowest BCUT2D eigenvalue weighted by molar-refractivity contribution is -0.196. The van der Waals surface area contributed by atoms with Gasteiger partial charge in [0.05, 0.1) is 17.7 Å². The van der Waals surface area contributed by atoms with Crippen molar-refractivity contribution in [2.75, 3.05) is 39.3 Å². The third-order valence-corrected chi connectivity index (χ3v) is 10.6. The van der Waals surface area contributed by atoms with Crippen LogP contribution in [0.1, 0.15) is 131 Å². The Morgan fingerprint density at radius 1 is 0.474 bits per heavy atom. The number of primary amides is 1. The van der Waals surface area contributed by atoms with E-state index in [9.17, 15) is 57.5 Å². The number of nitrogens with two attached hydrogens (primary N) is 1. The van der Waals surface area contributed by atoms with Crippen LogP contribution in [-0.4, -0.2) is 120 Å². The zero-order chi connectivity index (χ0) is 56.2.